The van der Waals surface area contributed by atoms with Crippen LogP contribution in [-0.4, -0.2) is 4.98 Å². The zero-order valence-electron chi connectivity index (χ0n) is 47.4. The summed E-state index contributed by atoms with van der Waals surface area (Å²) in [6.07, 6.45) is 0. The van der Waals surface area contributed by atoms with Crippen LogP contribution >= 0.6 is 0 Å². The van der Waals surface area contributed by atoms with Gasteiger partial charge in [0.2, 0.25) is 5.89 Å². The summed E-state index contributed by atoms with van der Waals surface area (Å²) in [6, 6.07) is 14.5. The average Bonchev–Trinajstić information content (AvgIpc) is 4.05. The maximum absolute atomic E-state index is 9.49. The van der Waals surface area contributed by atoms with Crippen LogP contribution in [0.15, 0.2) is 215 Å². The molecular weight excluding hydrogens is 697 g/mol. The van der Waals surface area contributed by atoms with Crippen LogP contribution in [0.3, 0.4) is 0 Å². The Labute approximate surface area is 354 Å². The topological polar surface area (TPSA) is 42.4 Å². The van der Waals surface area contributed by atoms with E-state index in [1.54, 1.807) is 12.1 Å². The highest BCUT2D eigenvalue weighted by Crippen LogP contribution is 2.43. The molecule has 11 rings (SSSR count). The van der Waals surface area contributed by atoms with Crippen molar-refractivity contribution in [2.75, 3.05) is 4.90 Å². The van der Waals surface area contributed by atoms with E-state index in [4.69, 9.17) is 27.5 Å². The third kappa shape index (κ3) is 5.74. The Morgan fingerprint density at radius 3 is 1.68 bits per heavy atom. The molecule has 9 aromatic carbocycles. The summed E-state index contributed by atoms with van der Waals surface area (Å²) in [5, 5.41) is 2.49. The third-order valence-corrected chi connectivity index (χ3v) is 9.63. The minimum absolute atomic E-state index is 0.0296. The zero-order valence-corrected chi connectivity index (χ0v) is 29.4. The van der Waals surface area contributed by atoms with E-state index in [9.17, 15) is 11.0 Å². The SMILES string of the molecule is [2H]c1c([2H])c([2H])c(-c2c([2H])c([2H])c(N(c3ccc4oc5c6cccc(-c7cccc8nc(-c9ccccc9)oc78)c6ccc5c4c3)c3c([2H])c([2H])c(-c4c([2H])c([2H])c([2H])c([2H])c4[2H])c([2H])c3[2H])c([2H])c2[2H])c([2H])c1[2H]. The van der Waals surface area contributed by atoms with Gasteiger partial charge in [0, 0.05) is 44.3 Å². The van der Waals surface area contributed by atoms with Crippen molar-refractivity contribution in [1.29, 1.82) is 0 Å². The van der Waals surface area contributed by atoms with Gasteiger partial charge in [0.1, 0.15) is 16.7 Å². The van der Waals surface area contributed by atoms with Crippen LogP contribution in [0.25, 0.3) is 88.6 Å². The fourth-order valence-electron chi connectivity index (χ4n) is 7.02. The molecule has 4 nitrogen and oxygen atoms in total. The van der Waals surface area contributed by atoms with Gasteiger partial charge in [-0.05, 0) is 99.8 Å². The Balaban J connectivity index is 1.16. The fraction of sp³-hybridized carbons (Fsp3) is 0. The lowest BCUT2D eigenvalue weighted by molar-refractivity contribution is 0.621. The smallest absolute Gasteiger partial charge is 0.227 e. The summed E-state index contributed by atoms with van der Waals surface area (Å²) in [7, 11) is 0. The first-order valence-electron chi connectivity index (χ1n) is 26.7. The first-order valence-corrected chi connectivity index (χ1v) is 17.7. The minimum atomic E-state index is -0.866. The predicted molar refractivity (Wildman–Crippen MR) is 235 cm³/mol. The van der Waals surface area contributed by atoms with Gasteiger partial charge in [-0.3, -0.25) is 0 Å². The maximum Gasteiger partial charge on any atom is 0.227 e. The van der Waals surface area contributed by atoms with Crippen LogP contribution in [-0.2, 0) is 0 Å². The summed E-state index contributed by atoms with van der Waals surface area (Å²) >= 11 is 0. The maximum atomic E-state index is 9.49. The van der Waals surface area contributed by atoms with Crippen LogP contribution in [0.5, 0.6) is 0 Å². The van der Waals surface area contributed by atoms with Crippen molar-refractivity contribution in [2.24, 2.45) is 0 Å². The zero-order chi connectivity index (χ0) is 53.4. The molecule has 2 aromatic heterocycles. The Hall–Kier alpha value is -7.69. The number of nitrogens with zero attached hydrogens (tertiary/aromatic N) is 2. The van der Waals surface area contributed by atoms with E-state index in [-0.39, 0.29) is 5.69 Å². The number of hydrogen-bond acceptors (Lipinski definition) is 4. The van der Waals surface area contributed by atoms with Crippen molar-refractivity contribution in [2.45, 2.75) is 0 Å². The minimum Gasteiger partial charge on any atom is -0.455 e. The molecule has 0 aliphatic heterocycles. The van der Waals surface area contributed by atoms with Crippen molar-refractivity contribution in [3.63, 3.8) is 0 Å². The number of para-hydroxylation sites is 1. The fourth-order valence-corrected chi connectivity index (χ4v) is 7.02. The van der Waals surface area contributed by atoms with E-state index in [2.05, 4.69) is 0 Å². The first-order chi connectivity index (χ1) is 35.7. The number of fused-ring (bicyclic) bond motifs is 6. The quantitative estimate of drug-likeness (QED) is 0.163. The number of hydrogen-bond donors (Lipinski definition) is 0. The predicted octanol–water partition coefficient (Wildman–Crippen LogP) is 15.0. The second kappa shape index (κ2) is 13.6. The molecule has 0 atom stereocenters. The summed E-state index contributed by atoms with van der Waals surface area (Å²) < 4.78 is 172. The van der Waals surface area contributed by atoms with Gasteiger partial charge < -0.3 is 13.7 Å². The number of oxazole rings is 1. The van der Waals surface area contributed by atoms with Gasteiger partial charge in [-0.15, -0.1) is 0 Å². The Morgan fingerprint density at radius 1 is 0.404 bits per heavy atom. The second-order valence-corrected chi connectivity index (χ2v) is 12.9. The lowest BCUT2D eigenvalue weighted by atomic mass is 9.96. The van der Waals surface area contributed by atoms with Gasteiger partial charge in [-0.2, -0.15) is 0 Å². The molecular formula is C53H34N2O2. The Morgan fingerprint density at radius 2 is 1.00 bits per heavy atom. The molecule has 0 bridgehead atoms. The van der Waals surface area contributed by atoms with Crippen LogP contribution in [0.2, 0.25) is 0 Å². The van der Waals surface area contributed by atoms with Gasteiger partial charge in [0.25, 0.3) is 0 Å². The number of benzene rings is 9. The molecule has 57 heavy (non-hydrogen) atoms. The van der Waals surface area contributed by atoms with Crippen molar-refractivity contribution in [3.8, 4) is 44.8 Å². The van der Waals surface area contributed by atoms with Crippen molar-refractivity contribution < 1.29 is 33.5 Å². The van der Waals surface area contributed by atoms with E-state index < -0.39 is 142 Å². The largest absolute Gasteiger partial charge is 0.455 e. The lowest BCUT2D eigenvalue weighted by Gasteiger charge is -2.26. The van der Waals surface area contributed by atoms with Crippen molar-refractivity contribution in [1.82, 2.24) is 4.98 Å². The van der Waals surface area contributed by atoms with Gasteiger partial charge >= 0.3 is 0 Å². The summed E-state index contributed by atoms with van der Waals surface area (Å²) in [4.78, 5) is 5.74. The molecule has 0 spiro atoms. The molecule has 0 amide bonds. The second-order valence-electron chi connectivity index (χ2n) is 12.9. The highest BCUT2D eigenvalue weighted by molar-refractivity contribution is 6.18. The number of rotatable bonds is 7. The van der Waals surface area contributed by atoms with Crippen LogP contribution in [0, 0.1) is 0 Å². The molecule has 0 saturated carbocycles. The van der Waals surface area contributed by atoms with Gasteiger partial charge in [-0.1, -0.05) is 139 Å². The van der Waals surface area contributed by atoms with Gasteiger partial charge in [0.15, 0.2) is 5.58 Å². The highest BCUT2D eigenvalue weighted by Gasteiger charge is 2.19. The first kappa shape index (κ1) is 19.3. The summed E-state index contributed by atoms with van der Waals surface area (Å²) in [5.74, 6) is 0.457. The summed E-state index contributed by atoms with van der Waals surface area (Å²) in [6.45, 7) is 0. The summed E-state index contributed by atoms with van der Waals surface area (Å²) in [5.41, 5.74) is 0.624. The van der Waals surface area contributed by atoms with Crippen LogP contribution in [0.1, 0.15) is 24.7 Å². The molecule has 0 radical (unpaired) electrons. The van der Waals surface area contributed by atoms with E-state index in [1.165, 1.54) is 6.07 Å². The lowest BCUT2D eigenvalue weighted by Crippen LogP contribution is -2.09. The number of anilines is 3. The standard InChI is InChI=1S/C53H34N2O2/c1-4-12-35(13-5-1)37-22-26-40(27-23-37)55(41-28-24-38(25-29-41)36-14-6-2-7-15-36)42-30-33-50-48(34-42)47-32-31-44-43(18-10-19-45(44)51(47)56-50)46-20-11-21-49-52(46)57-53(54-49)39-16-8-3-9-17-39/h1-34H/i1D,2D,4D,5D,6D,7D,12D,13D,14D,15D,22D,23D,24D,25D,26D,27D,28D,29D. The Kier molecular flexibility index (Phi) is 4.58. The molecule has 2 heterocycles. The molecule has 0 aliphatic carbocycles. The molecule has 0 fully saturated rings. The average molecular weight is 749 g/mol. The van der Waals surface area contributed by atoms with Crippen molar-refractivity contribution in [3.05, 3.63) is 206 Å². The molecule has 0 unspecified atom stereocenters. The molecule has 0 saturated heterocycles. The monoisotopic (exact) mass is 748 g/mol. The highest BCUT2D eigenvalue weighted by atomic mass is 16.3. The molecule has 0 aliphatic rings. The normalized spacial score (nSPS) is 15.9. The number of furan rings is 1. The van der Waals surface area contributed by atoms with Crippen LogP contribution in [0.4, 0.5) is 17.1 Å². The molecule has 11 aromatic rings. The van der Waals surface area contributed by atoms with Gasteiger partial charge in [0.05, 0.1) is 24.7 Å². The van der Waals surface area contributed by atoms with Crippen molar-refractivity contribution >= 4 is 60.9 Å². The Bertz CT molecular complexity index is 4050. The van der Waals surface area contributed by atoms with E-state index in [0.29, 0.717) is 44.3 Å². The van der Waals surface area contributed by atoms with Gasteiger partial charge in [-0.25, -0.2) is 4.98 Å². The third-order valence-electron chi connectivity index (χ3n) is 9.63. The van der Waals surface area contributed by atoms with Crippen LogP contribution < -0.4 is 4.90 Å². The number of aromatic nitrogens is 1. The van der Waals surface area contributed by atoms with E-state index in [1.807, 2.05) is 78.9 Å². The van der Waals surface area contributed by atoms with E-state index >= 15 is 0 Å². The molecule has 0 N–H and O–H groups in total. The molecule has 268 valence electrons. The van der Waals surface area contributed by atoms with E-state index in [0.717, 1.165) is 27.0 Å². The molecule has 4 heteroatoms.